The lowest BCUT2D eigenvalue weighted by molar-refractivity contribution is -0.384. The van der Waals surface area contributed by atoms with Crippen molar-refractivity contribution in [3.05, 3.63) is 49.7 Å². The first-order valence-corrected chi connectivity index (χ1v) is 10.9. The van der Waals surface area contributed by atoms with Crippen LogP contribution in [0.5, 0.6) is 0 Å². The molecule has 3 aromatic rings. The van der Waals surface area contributed by atoms with E-state index in [0.717, 1.165) is 11.4 Å². The summed E-state index contributed by atoms with van der Waals surface area (Å²) >= 11 is 8.70. The van der Waals surface area contributed by atoms with Crippen molar-refractivity contribution >= 4 is 52.0 Å². The molecule has 0 aliphatic rings. The summed E-state index contributed by atoms with van der Waals surface area (Å²) in [4.78, 5) is 23.9. The van der Waals surface area contributed by atoms with Gasteiger partial charge in [-0.2, -0.15) is 0 Å². The smallest absolute Gasteiger partial charge is 0.289 e. The first-order valence-electron chi connectivity index (χ1n) is 8.61. The van der Waals surface area contributed by atoms with Gasteiger partial charge in [0.25, 0.3) is 5.69 Å². The molecular weight excluding hydrogens is 434 g/mol. The SMILES string of the molecule is CC(C)c1cc(-c2nnc(SCC(=O)Nc3ccc(Cl)c([N+](=O)[O-])c3)n2C)cs1. The predicted molar refractivity (Wildman–Crippen MR) is 116 cm³/mol. The Morgan fingerprint density at radius 2 is 2.14 bits per heavy atom. The van der Waals surface area contributed by atoms with Crippen molar-refractivity contribution in [2.45, 2.75) is 24.9 Å². The van der Waals surface area contributed by atoms with Crippen LogP contribution in [0.1, 0.15) is 24.6 Å². The molecule has 1 N–H and O–H groups in total. The summed E-state index contributed by atoms with van der Waals surface area (Å²) in [6.45, 7) is 4.28. The quantitative estimate of drug-likeness (QED) is 0.309. The van der Waals surface area contributed by atoms with Crippen molar-refractivity contribution in [1.82, 2.24) is 14.8 Å². The molecule has 0 saturated carbocycles. The standard InChI is InChI=1S/C18H18ClN5O3S2/c1-10(2)15-6-11(8-28-15)17-21-22-18(23(17)3)29-9-16(25)20-12-4-5-13(19)14(7-12)24(26)27/h4-8,10H,9H2,1-3H3,(H,20,25). The van der Waals surface area contributed by atoms with E-state index in [1.165, 1.54) is 34.8 Å². The lowest BCUT2D eigenvalue weighted by Gasteiger charge is -2.06. The van der Waals surface area contributed by atoms with Crippen molar-refractivity contribution < 1.29 is 9.72 Å². The second kappa shape index (κ2) is 8.93. The number of rotatable bonds is 7. The molecule has 2 heterocycles. The van der Waals surface area contributed by atoms with Gasteiger partial charge in [0.15, 0.2) is 11.0 Å². The van der Waals surface area contributed by atoms with E-state index in [1.807, 2.05) is 17.0 Å². The number of anilines is 1. The molecule has 0 fully saturated rings. The molecule has 152 valence electrons. The zero-order chi connectivity index (χ0) is 21.1. The highest BCUT2D eigenvalue weighted by atomic mass is 35.5. The highest BCUT2D eigenvalue weighted by molar-refractivity contribution is 7.99. The maximum absolute atomic E-state index is 12.2. The Hall–Kier alpha value is -2.43. The van der Waals surface area contributed by atoms with Crippen LogP contribution in [-0.4, -0.2) is 31.3 Å². The Morgan fingerprint density at radius 1 is 1.38 bits per heavy atom. The summed E-state index contributed by atoms with van der Waals surface area (Å²) in [5, 5.41) is 24.7. The van der Waals surface area contributed by atoms with Gasteiger partial charge in [0.2, 0.25) is 5.91 Å². The second-order valence-electron chi connectivity index (χ2n) is 6.52. The summed E-state index contributed by atoms with van der Waals surface area (Å²) in [5.74, 6) is 0.963. The summed E-state index contributed by atoms with van der Waals surface area (Å²) in [6.07, 6.45) is 0. The van der Waals surface area contributed by atoms with Crippen LogP contribution >= 0.6 is 34.7 Å². The number of carbonyl (C=O) groups is 1. The van der Waals surface area contributed by atoms with Crippen LogP contribution in [0.25, 0.3) is 11.4 Å². The number of nitro groups is 1. The van der Waals surface area contributed by atoms with Gasteiger partial charge >= 0.3 is 0 Å². The number of aromatic nitrogens is 3. The molecule has 0 atom stereocenters. The van der Waals surface area contributed by atoms with Crippen molar-refractivity contribution in [2.75, 3.05) is 11.1 Å². The largest absolute Gasteiger partial charge is 0.325 e. The number of thioether (sulfide) groups is 1. The van der Waals surface area contributed by atoms with Gasteiger partial charge in [-0.3, -0.25) is 14.9 Å². The fourth-order valence-electron chi connectivity index (χ4n) is 2.52. The van der Waals surface area contributed by atoms with Crippen LogP contribution in [0.4, 0.5) is 11.4 Å². The summed E-state index contributed by atoms with van der Waals surface area (Å²) in [5.41, 5.74) is 1.05. The van der Waals surface area contributed by atoms with Gasteiger partial charge in [-0.1, -0.05) is 37.2 Å². The highest BCUT2D eigenvalue weighted by Crippen LogP contribution is 2.31. The Morgan fingerprint density at radius 3 is 2.79 bits per heavy atom. The normalized spacial score (nSPS) is 11.1. The van der Waals surface area contributed by atoms with E-state index in [4.69, 9.17) is 11.6 Å². The number of thiophene rings is 1. The molecule has 29 heavy (non-hydrogen) atoms. The molecule has 2 aromatic heterocycles. The Labute approximate surface area is 180 Å². The molecule has 0 unspecified atom stereocenters. The lowest BCUT2D eigenvalue weighted by Crippen LogP contribution is -2.14. The van der Waals surface area contributed by atoms with Gasteiger partial charge < -0.3 is 9.88 Å². The Kier molecular flexibility index (Phi) is 6.56. The first kappa shape index (κ1) is 21.3. The molecular formula is C18H18ClN5O3S2. The zero-order valence-electron chi connectivity index (χ0n) is 15.9. The number of benzene rings is 1. The third kappa shape index (κ3) is 4.95. The van der Waals surface area contributed by atoms with Gasteiger partial charge in [-0.15, -0.1) is 21.5 Å². The molecule has 1 aromatic carbocycles. The van der Waals surface area contributed by atoms with Crippen molar-refractivity contribution in [2.24, 2.45) is 7.05 Å². The number of nitro benzene ring substituents is 1. The van der Waals surface area contributed by atoms with E-state index in [1.54, 1.807) is 11.3 Å². The molecule has 11 heteroatoms. The number of halogens is 1. The average Bonchev–Trinajstić information content (AvgIpc) is 3.28. The van der Waals surface area contributed by atoms with Crippen LogP contribution in [0.3, 0.4) is 0 Å². The maximum atomic E-state index is 12.2. The predicted octanol–water partition coefficient (Wildman–Crippen LogP) is 4.96. The topological polar surface area (TPSA) is 103 Å². The molecule has 8 nitrogen and oxygen atoms in total. The Balaban J connectivity index is 1.64. The number of hydrogen-bond acceptors (Lipinski definition) is 7. The van der Waals surface area contributed by atoms with Crippen molar-refractivity contribution in [3.63, 3.8) is 0 Å². The molecule has 0 aliphatic carbocycles. The summed E-state index contributed by atoms with van der Waals surface area (Å²) in [7, 11) is 1.85. The van der Waals surface area contributed by atoms with E-state index in [2.05, 4.69) is 35.4 Å². The maximum Gasteiger partial charge on any atom is 0.289 e. The summed E-state index contributed by atoms with van der Waals surface area (Å²) < 4.78 is 1.84. The monoisotopic (exact) mass is 451 g/mol. The van der Waals surface area contributed by atoms with Crippen molar-refractivity contribution in [1.29, 1.82) is 0 Å². The number of nitrogens with one attached hydrogen (secondary N) is 1. The van der Waals surface area contributed by atoms with Gasteiger partial charge in [0.1, 0.15) is 5.02 Å². The molecule has 0 spiro atoms. The first-order chi connectivity index (χ1) is 13.8. The fourth-order valence-corrected chi connectivity index (χ4v) is 4.32. The highest BCUT2D eigenvalue weighted by Gasteiger charge is 2.17. The average molecular weight is 452 g/mol. The van der Waals surface area contributed by atoms with Crippen LogP contribution in [0, 0.1) is 10.1 Å². The van der Waals surface area contributed by atoms with Gasteiger partial charge in [0.05, 0.1) is 10.7 Å². The van der Waals surface area contributed by atoms with E-state index < -0.39 is 4.92 Å². The molecule has 0 radical (unpaired) electrons. The molecule has 0 aliphatic heterocycles. The van der Waals surface area contributed by atoms with Crippen molar-refractivity contribution in [3.8, 4) is 11.4 Å². The van der Waals surface area contributed by atoms with Crippen LogP contribution in [-0.2, 0) is 11.8 Å². The van der Waals surface area contributed by atoms with Crippen LogP contribution in [0.15, 0.2) is 34.8 Å². The molecule has 3 rings (SSSR count). The molecule has 0 saturated heterocycles. The lowest BCUT2D eigenvalue weighted by atomic mass is 10.1. The minimum absolute atomic E-state index is 0.0167. The minimum atomic E-state index is -0.594. The Bertz CT molecular complexity index is 1060. The third-order valence-electron chi connectivity index (χ3n) is 4.04. The molecule has 0 bridgehead atoms. The number of nitrogens with zero attached hydrogens (tertiary/aromatic N) is 4. The third-order valence-corrected chi connectivity index (χ3v) is 6.61. The molecule has 1 amide bonds. The van der Waals surface area contributed by atoms with Crippen LogP contribution < -0.4 is 5.32 Å². The fraction of sp³-hybridized carbons (Fsp3) is 0.278. The van der Waals surface area contributed by atoms with Gasteiger partial charge in [-0.05, 0) is 24.1 Å². The van der Waals surface area contributed by atoms with Crippen LogP contribution in [0.2, 0.25) is 5.02 Å². The second-order valence-corrected chi connectivity index (χ2v) is 8.81. The van der Waals surface area contributed by atoms with E-state index in [-0.39, 0.29) is 22.4 Å². The number of hydrogen-bond donors (Lipinski definition) is 1. The minimum Gasteiger partial charge on any atom is -0.325 e. The van der Waals surface area contributed by atoms with E-state index in [0.29, 0.717) is 16.8 Å². The summed E-state index contributed by atoms with van der Waals surface area (Å²) in [6, 6.07) is 6.23. The number of carbonyl (C=O) groups excluding carboxylic acids is 1. The van der Waals surface area contributed by atoms with Gasteiger partial charge in [-0.25, -0.2) is 0 Å². The van der Waals surface area contributed by atoms with E-state index in [9.17, 15) is 14.9 Å². The van der Waals surface area contributed by atoms with E-state index >= 15 is 0 Å². The van der Waals surface area contributed by atoms with Gasteiger partial charge in [0, 0.05) is 34.6 Å². The zero-order valence-corrected chi connectivity index (χ0v) is 18.3. The number of amides is 1.